The van der Waals surface area contributed by atoms with Gasteiger partial charge in [-0.1, -0.05) is 22.9 Å². The molecule has 1 aromatic heterocycles. The molecule has 2 heterocycles. The Kier molecular flexibility index (Phi) is 5.47. The van der Waals surface area contributed by atoms with Crippen LogP contribution in [-0.4, -0.2) is 28.1 Å². The molecular formula is C23H23BrF4N2. The Bertz CT molecular complexity index is 1090. The number of hydrogen-bond acceptors (Lipinski definition) is 1. The highest BCUT2D eigenvalue weighted by Gasteiger charge is 2.41. The van der Waals surface area contributed by atoms with Gasteiger partial charge in [-0.25, -0.2) is 17.6 Å². The number of H-pyrrole nitrogens is 1. The highest BCUT2D eigenvalue weighted by molar-refractivity contribution is 9.10. The first-order valence-electron chi connectivity index (χ1n) is 10.0. The van der Waals surface area contributed by atoms with E-state index in [1.165, 1.54) is 31.2 Å². The number of hydrogen-bond donors (Lipinski definition) is 1. The molecule has 0 saturated heterocycles. The normalized spacial score (nSPS) is 21.6. The van der Waals surface area contributed by atoms with E-state index >= 15 is 13.2 Å². The monoisotopic (exact) mass is 482 g/mol. The zero-order valence-electron chi connectivity index (χ0n) is 17.0. The number of aromatic amines is 1. The molecule has 4 rings (SSSR count). The van der Waals surface area contributed by atoms with Gasteiger partial charge in [-0.2, -0.15) is 0 Å². The van der Waals surface area contributed by atoms with Crippen LogP contribution in [0.3, 0.4) is 0 Å². The maximum absolute atomic E-state index is 15.1. The van der Waals surface area contributed by atoms with E-state index in [0.717, 1.165) is 5.56 Å². The molecule has 1 aliphatic heterocycles. The smallest absolute Gasteiger partial charge is 0.132 e. The average Bonchev–Trinajstić information content (AvgIpc) is 3.00. The summed E-state index contributed by atoms with van der Waals surface area (Å²) in [6, 6.07) is 5.77. The van der Waals surface area contributed by atoms with Crippen LogP contribution in [0.5, 0.6) is 0 Å². The fraction of sp³-hybridized carbons (Fsp3) is 0.391. The summed E-state index contributed by atoms with van der Waals surface area (Å²) in [5.41, 5.74) is 0.435. The van der Waals surface area contributed by atoms with Gasteiger partial charge in [-0.3, -0.25) is 4.90 Å². The van der Waals surface area contributed by atoms with Gasteiger partial charge in [0.25, 0.3) is 0 Å². The van der Waals surface area contributed by atoms with Crippen LogP contribution in [-0.2, 0) is 6.42 Å². The number of rotatable bonds is 4. The van der Waals surface area contributed by atoms with Crippen LogP contribution < -0.4 is 0 Å². The number of benzene rings is 2. The molecule has 0 radical (unpaired) electrons. The second-order valence-corrected chi connectivity index (χ2v) is 9.30. The Morgan fingerprint density at radius 3 is 2.47 bits per heavy atom. The lowest BCUT2D eigenvalue weighted by atomic mass is 9.87. The van der Waals surface area contributed by atoms with Crippen molar-refractivity contribution in [3.05, 3.63) is 69.1 Å². The van der Waals surface area contributed by atoms with Gasteiger partial charge < -0.3 is 4.98 Å². The van der Waals surface area contributed by atoms with Crippen molar-refractivity contribution in [2.24, 2.45) is 0 Å². The largest absolute Gasteiger partial charge is 0.357 e. The van der Waals surface area contributed by atoms with Gasteiger partial charge in [-0.05, 0) is 62.6 Å². The Labute approximate surface area is 181 Å². The molecular weight excluding hydrogens is 460 g/mol. The number of fused-ring (bicyclic) bond motifs is 3. The summed E-state index contributed by atoms with van der Waals surface area (Å²) in [6.07, 6.45) is 0.799. The molecule has 3 aromatic rings. The summed E-state index contributed by atoms with van der Waals surface area (Å²) in [7, 11) is 0. The van der Waals surface area contributed by atoms with Gasteiger partial charge in [0.2, 0.25) is 0 Å². The summed E-state index contributed by atoms with van der Waals surface area (Å²) in [6.45, 7) is 5.19. The fourth-order valence-electron chi connectivity index (χ4n) is 4.39. The topological polar surface area (TPSA) is 19.0 Å². The van der Waals surface area contributed by atoms with E-state index < -0.39 is 23.3 Å². The molecule has 1 N–H and O–H groups in total. The molecule has 0 aliphatic carbocycles. The number of nitrogens with one attached hydrogen (secondary N) is 1. The second-order valence-electron chi connectivity index (χ2n) is 8.39. The van der Waals surface area contributed by atoms with Crippen LogP contribution in [0, 0.1) is 17.5 Å². The second kappa shape index (κ2) is 7.68. The third-order valence-corrected chi connectivity index (χ3v) is 6.60. The van der Waals surface area contributed by atoms with Crippen molar-refractivity contribution < 1.29 is 17.6 Å². The van der Waals surface area contributed by atoms with Crippen molar-refractivity contribution in [1.29, 1.82) is 0 Å². The van der Waals surface area contributed by atoms with E-state index in [-0.39, 0.29) is 30.4 Å². The van der Waals surface area contributed by atoms with Crippen LogP contribution in [0.25, 0.3) is 10.9 Å². The van der Waals surface area contributed by atoms with E-state index in [0.29, 0.717) is 27.5 Å². The van der Waals surface area contributed by atoms with E-state index in [9.17, 15) is 4.39 Å². The third-order valence-electron chi connectivity index (χ3n) is 6.14. The minimum absolute atomic E-state index is 0.0213. The molecule has 0 saturated carbocycles. The molecule has 3 atom stereocenters. The number of alkyl halides is 1. The summed E-state index contributed by atoms with van der Waals surface area (Å²) >= 11 is 3.12. The van der Waals surface area contributed by atoms with Crippen LogP contribution in [0.15, 0.2) is 34.8 Å². The minimum Gasteiger partial charge on any atom is -0.357 e. The standard InChI is InChI=1S/C23H23BrF4N2/c1-4-23(3,28)11-30-12(2)7-16-15-10-14(25)5-6-19(15)29-21(16)22(30)20-17(26)8-13(24)9-18(20)27/h5-6,8-10,12,22,29H,4,7,11H2,1-3H3. The highest BCUT2D eigenvalue weighted by Crippen LogP contribution is 2.44. The molecule has 160 valence electrons. The van der Waals surface area contributed by atoms with E-state index in [1.807, 2.05) is 11.8 Å². The van der Waals surface area contributed by atoms with Gasteiger partial charge in [0.05, 0.1) is 6.04 Å². The number of nitrogens with zero attached hydrogens (tertiary/aromatic N) is 1. The molecule has 3 unspecified atom stereocenters. The van der Waals surface area contributed by atoms with E-state index in [2.05, 4.69) is 20.9 Å². The first-order chi connectivity index (χ1) is 14.1. The van der Waals surface area contributed by atoms with Crippen molar-refractivity contribution in [2.75, 3.05) is 6.54 Å². The molecule has 30 heavy (non-hydrogen) atoms. The average molecular weight is 483 g/mol. The van der Waals surface area contributed by atoms with Gasteiger partial charge in [0.1, 0.15) is 23.1 Å². The molecule has 1 aliphatic rings. The molecule has 0 bridgehead atoms. The summed E-state index contributed by atoms with van der Waals surface area (Å²) in [4.78, 5) is 5.05. The third kappa shape index (κ3) is 3.66. The molecule has 2 aromatic carbocycles. The minimum atomic E-state index is -1.52. The molecule has 0 amide bonds. The van der Waals surface area contributed by atoms with Crippen LogP contribution >= 0.6 is 15.9 Å². The fourth-order valence-corrected chi connectivity index (χ4v) is 4.79. The van der Waals surface area contributed by atoms with Crippen LogP contribution in [0.4, 0.5) is 17.6 Å². The zero-order valence-corrected chi connectivity index (χ0v) is 18.6. The van der Waals surface area contributed by atoms with Crippen molar-refractivity contribution in [3.63, 3.8) is 0 Å². The quantitative estimate of drug-likeness (QED) is 0.404. The molecule has 0 fully saturated rings. The van der Waals surface area contributed by atoms with Crippen molar-refractivity contribution in [2.45, 2.75) is 51.4 Å². The van der Waals surface area contributed by atoms with Gasteiger partial charge in [0.15, 0.2) is 0 Å². The summed E-state index contributed by atoms with van der Waals surface area (Å²) < 4.78 is 59.4. The predicted octanol–water partition coefficient (Wildman–Crippen LogP) is 6.82. The van der Waals surface area contributed by atoms with Gasteiger partial charge in [-0.15, -0.1) is 0 Å². The Morgan fingerprint density at radius 1 is 1.17 bits per heavy atom. The maximum atomic E-state index is 15.1. The van der Waals surface area contributed by atoms with Crippen LogP contribution in [0.2, 0.25) is 0 Å². The molecule has 0 spiro atoms. The van der Waals surface area contributed by atoms with E-state index in [1.54, 1.807) is 13.0 Å². The lowest BCUT2D eigenvalue weighted by molar-refractivity contribution is 0.0515. The predicted molar refractivity (Wildman–Crippen MR) is 114 cm³/mol. The first kappa shape index (κ1) is 21.4. The molecule has 2 nitrogen and oxygen atoms in total. The van der Waals surface area contributed by atoms with Crippen LogP contribution in [0.1, 0.15) is 50.1 Å². The maximum Gasteiger partial charge on any atom is 0.132 e. The summed E-state index contributed by atoms with van der Waals surface area (Å²) in [5.74, 6) is -1.79. The lowest BCUT2D eigenvalue weighted by Crippen LogP contribution is -2.48. The van der Waals surface area contributed by atoms with Gasteiger partial charge >= 0.3 is 0 Å². The number of aromatic nitrogens is 1. The Balaban J connectivity index is 1.97. The Morgan fingerprint density at radius 2 is 1.83 bits per heavy atom. The zero-order chi connectivity index (χ0) is 21.8. The number of halogens is 5. The van der Waals surface area contributed by atoms with Crippen molar-refractivity contribution in [1.82, 2.24) is 9.88 Å². The SMILES string of the molecule is CCC(C)(F)CN1C(C)Cc2c([nH]c3ccc(F)cc23)C1c1c(F)cc(Br)cc1F. The highest BCUT2D eigenvalue weighted by atomic mass is 79.9. The molecule has 7 heteroatoms. The first-order valence-corrected chi connectivity index (χ1v) is 10.8. The van der Waals surface area contributed by atoms with E-state index in [4.69, 9.17) is 0 Å². The Hall–Kier alpha value is -1.86. The summed E-state index contributed by atoms with van der Waals surface area (Å²) in [5, 5.41) is 0.693. The van der Waals surface area contributed by atoms with Crippen molar-refractivity contribution in [3.8, 4) is 0 Å². The van der Waals surface area contributed by atoms with Crippen molar-refractivity contribution >= 4 is 26.8 Å². The van der Waals surface area contributed by atoms with Gasteiger partial charge in [0, 0.05) is 39.2 Å². The lowest BCUT2D eigenvalue weighted by Gasteiger charge is -2.43.